The molecule has 2 aliphatic rings. The lowest BCUT2D eigenvalue weighted by atomic mass is 9.61. The maximum absolute atomic E-state index is 11.4. The molecule has 0 amide bonds. The summed E-state index contributed by atoms with van der Waals surface area (Å²) in [5.74, 6) is -0.511. The molecule has 5 unspecified atom stereocenters. The quantitative estimate of drug-likeness (QED) is 0.833. The van der Waals surface area contributed by atoms with Crippen LogP contribution in [0.15, 0.2) is 0 Å². The van der Waals surface area contributed by atoms with Crippen molar-refractivity contribution < 1.29 is 14.6 Å². The van der Waals surface area contributed by atoms with Crippen molar-refractivity contribution in [2.45, 2.75) is 71.6 Å². The minimum Gasteiger partial charge on any atom is -0.481 e. The molecule has 0 aromatic carbocycles. The normalized spacial score (nSPS) is 40.7. The van der Waals surface area contributed by atoms with Gasteiger partial charge < -0.3 is 15.2 Å². The second-order valence-electron chi connectivity index (χ2n) is 7.24. The summed E-state index contributed by atoms with van der Waals surface area (Å²) in [6.45, 7) is 9.40. The zero-order valence-corrected chi connectivity index (χ0v) is 13.2. The van der Waals surface area contributed by atoms with Gasteiger partial charge in [-0.1, -0.05) is 20.8 Å². The van der Waals surface area contributed by atoms with Gasteiger partial charge in [0.15, 0.2) is 0 Å². The van der Waals surface area contributed by atoms with Crippen molar-refractivity contribution in [2.24, 2.45) is 17.3 Å². The van der Waals surface area contributed by atoms with Crippen molar-refractivity contribution in [1.82, 2.24) is 5.32 Å². The van der Waals surface area contributed by atoms with Crippen molar-refractivity contribution in [2.75, 3.05) is 6.54 Å². The highest BCUT2D eigenvalue weighted by molar-refractivity contribution is 5.71. The molecule has 0 aromatic heterocycles. The number of ether oxygens (including phenoxy) is 1. The molecule has 1 aliphatic carbocycles. The zero-order valence-electron chi connectivity index (χ0n) is 13.2. The van der Waals surface area contributed by atoms with Crippen molar-refractivity contribution in [3.63, 3.8) is 0 Å². The summed E-state index contributed by atoms with van der Waals surface area (Å²) in [4.78, 5) is 11.4. The fourth-order valence-corrected chi connectivity index (χ4v) is 3.84. The van der Waals surface area contributed by atoms with E-state index in [4.69, 9.17) is 4.74 Å². The van der Waals surface area contributed by atoms with Crippen molar-refractivity contribution >= 4 is 5.97 Å². The highest BCUT2D eigenvalue weighted by Crippen LogP contribution is 2.45. The first-order chi connectivity index (χ1) is 9.32. The molecule has 2 fully saturated rings. The Morgan fingerprint density at radius 3 is 2.50 bits per heavy atom. The Bertz CT molecular complexity index is 356. The van der Waals surface area contributed by atoms with Crippen LogP contribution >= 0.6 is 0 Å². The number of rotatable bonds is 4. The van der Waals surface area contributed by atoms with Crippen molar-refractivity contribution in [3.8, 4) is 0 Å². The van der Waals surface area contributed by atoms with E-state index in [0.29, 0.717) is 24.2 Å². The van der Waals surface area contributed by atoms with Crippen LogP contribution in [0.4, 0.5) is 0 Å². The summed E-state index contributed by atoms with van der Waals surface area (Å²) in [6.07, 6.45) is 4.72. The second kappa shape index (κ2) is 6.02. The fourth-order valence-electron chi connectivity index (χ4n) is 3.84. The van der Waals surface area contributed by atoms with Crippen LogP contribution in [0, 0.1) is 17.3 Å². The van der Waals surface area contributed by atoms with E-state index >= 15 is 0 Å². The van der Waals surface area contributed by atoms with Gasteiger partial charge in [-0.2, -0.15) is 0 Å². The minimum absolute atomic E-state index is 0.161. The van der Waals surface area contributed by atoms with Gasteiger partial charge in [0.25, 0.3) is 0 Å². The van der Waals surface area contributed by atoms with E-state index in [2.05, 4.69) is 33.0 Å². The molecule has 1 saturated heterocycles. The maximum Gasteiger partial charge on any atom is 0.307 e. The fraction of sp³-hybridized carbons (Fsp3) is 0.938. The number of hydrogen-bond donors (Lipinski definition) is 2. The molecule has 1 saturated carbocycles. The maximum atomic E-state index is 11.4. The number of hydrogen-bond acceptors (Lipinski definition) is 3. The van der Waals surface area contributed by atoms with E-state index in [1.165, 1.54) is 0 Å². The number of carboxylic acid groups (broad SMARTS) is 1. The Labute approximate surface area is 122 Å². The first kappa shape index (κ1) is 15.8. The smallest absolute Gasteiger partial charge is 0.307 e. The van der Waals surface area contributed by atoms with Crippen LogP contribution < -0.4 is 5.32 Å². The summed E-state index contributed by atoms with van der Waals surface area (Å²) in [5.41, 5.74) is -0.161. The Kier molecular flexibility index (Phi) is 4.75. The third-order valence-electron chi connectivity index (χ3n) is 5.67. The molecule has 2 N–H and O–H groups in total. The molecule has 1 heterocycles. The van der Waals surface area contributed by atoms with Gasteiger partial charge in [-0.05, 0) is 43.9 Å². The van der Waals surface area contributed by atoms with Crippen LogP contribution in [0.5, 0.6) is 0 Å². The zero-order chi connectivity index (χ0) is 14.9. The molecule has 0 spiro atoms. The van der Waals surface area contributed by atoms with Gasteiger partial charge in [-0.3, -0.25) is 4.79 Å². The lowest BCUT2D eigenvalue weighted by Gasteiger charge is -2.46. The highest BCUT2D eigenvalue weighted by atomic mass is 16.5. The summed E-state index contributed by atoms with van der Waals surface area (Å²) < 4.78 is 5.84. The van der Waals surface area contributed by atoms with Gasteiger partial charge in [0.1, 0.15) is 0 Å². The molecule has 4 heteroatoms. The molecule has 20 heavy (non-hydrogen) atoms. The topological polar surface area (TPSA) is 58.6 Å². The van der Waals surface area contributed by atoms with Gasteiger partial charge in [0, 0.05) is 12.6 Å². The van der Waals surface area contributed by atoms with Gasteiger partial charge in [0.2, 0.25) is 0 Å². The Morgan fingerprint density at radius 1 is 1.25 bits per heavy atom. The molecular formula is C16H29NO3. The van der Waals surface area contributed by atoms with Gasteiger partial charge >= 0.3 is 5.97 Å². The van der Waals surface area contributed by atoms with E-state index in [1.54, 1.807) is 0 Å². The number of carboxylic acids is 1. The van der Waals surface area contributed by atoms with Gasteiger partial charge in [-0.15, -0.1) is 0 Å². The average Bonchev–Trinajstić information content (AvgIpc) is 2.76. The van der Waals surface area contributed by atoms with Crippen LogP contribution in [-0.4, -0.2) is 35.9 Å². The van der Waals surface area contributed by atoms with Crippen molar-refractivity contribution in [3.05, 3.63) is 0 Å². The molecule has 4 nitrogen and oxygen atoms in total. The number of nitrogens with one attached hydrogen (secondary N) is 1. The van der Waals surface area contributed by atoms with E-state index < -0.39 is 5.97 Å². The molecule has 2 rings (SSSR count). The molecule has 0 radical (unpaired) electrons. The molecule has 0 aromatic rings. The third-order valence-corrected chi connectivity index (χ3v) is 5.67. The molecule has 116 valence electrons. The van der Waals surface area contributed by atoms with E-state index in [1.807, 2.05) is 0 Å². The van der Waals surface area contributed by atoms with Crippen LogP contribution in [0.25, 0.3) is 0 Å². The van der Waals surface area contributed by atoms with Crippen molar-refractivity contribution in [1.29, 1.82) is 0 Å². The van der Waals surface area contributed by atoms with Gasteiger partial charge in [0.05, 0.1) is 18.1 Å². The summed E-state index contributed by atoms with van der Waals surface area (Å²) in [5, 5.41) is 13.0. The third kappa shape index (κ3) is 3.17. The number of carbonyl (C=O) groups is 1. The predicted octanol–water partition coefficient (Wildman–Crippen LogP) is 2.67. The van der Waals surface area contributed by atoms with Crippen LogP contribution in [0.2, 0.25) is 0 Å². The monoisotopic (exact) mass is 283 g/mol. The van der Waals surface area contributed by atoms with E-state index in [-0.39, 0.29) is 11.3 Å². The lowest BCUT2D eigenvalue weighted by Crippen LogP contribution is -2.52. The molecule has 1 aliphatic heterocycles. The standard InChI is InChI=1S/C16H29NO3/c1-10-5-6-12(20-10)9-17-14-8-7-13(15(18)19)16(3,4)11(14)2/h10-14,17H,5-9H2,1-4H3,(H,18,19). The second-order valence-corrected chi connectivity index (χ2v) is 7.24. The summed E-state index contributed by atoms with van der Waals surface area (Å²) >= 11 is 0. The predicted molar refractivity (Wildman–Crippen MR) is 78.7 cm³/mol. The van der Waals surface area contributed by atoms with E-state index in [0.717, 1.165) is 32.2 Å². The summed E-state index contributed by atoms with van der Waals surface area (Å²) in [7, 11) is 0. The molecule has 0 bridgehead atoms. The van der Waals surface area contributed by atoms with Crippen LogP contribution in [0.3, 0.4) is 0 Å². The van der Waals surface area contributed by atoms with Gasteiger partial charge in [-0.25, -0.2) is 0 Å². The van der Waals surface area contributed by atoms with Crippen LogP contribution in [0.1, 0.15) is 53.4 Å². The Morgan fingerprint density at radius 2 is 1.95 bits per heavy atom. The first-order valence-corrected chi connectivity index (χ1v) is 7.94. The Balaban J connectivity index is 1.89. The molecule has 5 atom stereocenters. The SMILES string of the molecule is CC1CCC(CNC2CCC(C(=O)O)C(C)(C)C2C)O1. The molecular weight excluding hydrogens is 254 g/mol. The largest absolute Gasteiger partial charge is 0.481 e. The van der Waals surface area contributed by atoms with Crippen LogP contribution in [-0.2, 0) is 9.53 Å². The number of aliphatic carboxylic acids is 1. The van der Waals surface area contributed by atoms with E-state index in [9.17, 15) is 9.90 Å². The Hall–Kier alpha value is -0.610. The average molecular weight is 283 g/mol. The summed E-state index contributed by atoms with van der Waals surface area (Å²) in [6, 6.07) is 0.403. The highest BCUT2D eigenvalue weighted by Gasteiger charge is 2.46. The minimum atomic E-state index is -0.645. The first-order valence-electron chi connectivity index (χ1n) is 7.94. The lowest BCUT2D eigenvalue weighted by molar-refractivity contribution is -0.150.